The molecular formula is C49H87NO8. The van der Waals surface area contributed by atoms with Crippen molar-refractivity contribution in [2.45, 2.75) is 213 Å². The third-order valence-electron chi connectivity index (χ3n) is 10.4. The van der Waals surface area contributed by atoms with Crippen molar-refractivity contribution in [3.63, 3.8) is 0 Å². The van der Waals surface area contributed by atoms with Gasteiger partial charge in [-0.05, 0) is 83.3 Å². The van der Waals surface area contributed by atoms with Crippen molar-refractivity contribution in [2.24, 2.45) is 0 Å². The predicted molar refractivity (Wildman–Crippen MR) is 238 cm³/mol. The van der Waals surface area contributed by atoms with Crippen molar-refractivity contribution in [1.82, 2.24) is 4.90 Å². The molecule has 0 radical (unpaired) electrons. The Bertz CT molecular complexity index is 1060. The molecule has 0 atom stereocenters. The lowest BCUT2D eigenvalue weighted by molar-refractivity contribution is -0.145. The summed E-state index contributed by atoms with van der Waals surface area (Å²) in [6.07, 6.45) is 31.7. The van der Waals surface area contributed by atoms with Gasteiger partial charge in [0.05, 0.1) is 26.4 Å². The molecule has 0 aromatic heterocycles. The van der Waals surface area contributed by atoms with E-state index in [1.165, 1.54) is 64.2 Å². The first kappa shape index (κ1) is 53.2. The van der Waals surface area contributed by atoms with Gasteiger partial charge in [0.2, 0.25) is 0 Å². The highest BCUT2D eigenvalue weighted by atomic mass is 16.5. The highest BCUT2D eigenvalue weighted by Crippen LogP contribution is 2.25. The minimum absolute atomic E-state index is 0.0469. The summed E-state index contributed by atoms with van der Waals surface area (Å²) in [5.41, 5.74) is 0.861. The first-order chi connectivity index (χ1) is 28.3. The van der Waals surface area contributed by atoms with Gasteiger partial charge in [-0.25, -0.2) is 0 Å². The molecule has 0 spiro atoms. The van der Waals surface area contributed by atoms with Crippen molar-refractivity contribution >= 4 is 17.9 Å². The molecular weight excluding hydrogens is 731 g/mol. The topological polar surface area (TPSA) is 101 Å². The van der Waals surface area contributed by atoms with Gasteiger partial charge >= 0.3 is 17.9 Å². The van der Waals surface area contributed by atoms with Gasteiger partial charge in [-0.1, -0.05) is 142 Å². The molecule has 0 fully saturated rings. The van der Waals surface area contributed by atoms with Crippen molar-refractivity contribution in [3.05, 3.63) is 23.8 Å². The molecule has 9 nitrogen and oxygen atoms in total. The number of hydrogen-bond acceptors (Lipinski definition) is 9. The van der Waals surface area contributed by atoms with Crippen molar-refractivity contribution in [1.29, 1.82) is 0 Å². The number of unbranched alkanes of at least 4 members (excludes halogenated alkanes) is 22. The van der Waals surface area contributed by atoms with Crippen LogP contribution >= 0.6 is 0 Å². The summed E-state index contributed by atoms with van der Waals surface area (Å²) in [6, 6.07) is 5.83. The van der Waals surface area contributed by atoms with Gasteiger partial charge in [-0.3, -0.25) is 14.4 Å². The number of nitrogens with zero attached hydrogens (tertiary/aromatic N) is 1. The van der Waals surface area contributed by atoms with E-state index in [4.69, 9.17) is 23.7 Å². The highest BCUT2D eigenvalue weighted by Gasteiger charge is 2.09. The minimum atomic E-state index is -0.195. The molecule has 0 bridgehead atoms. The van der Waals surface area contributed by atoms with Gasteiger partial charge in [0.25, 0.3) is 0 Å². The normalized spacial score (nSPS) is 11.2. The van der Waals surface area contributed by atoms with Crippen LogP contribution in [-0.2, 0) is 35.2 Å². The molecule has 0 aliphatic rings. The molecule has 0 aliphatic carbocycles. The van der Waals surface area contributed by atoms with Crippen LogP contribution in [-0.4, -0.2) is 69.9 Å². The van der Waals surface area contributed by atoms with Gasteiger partial charge in [0.1, 0.15) is 18.1 Å². The van der Waals surface area contributed by atoms with Crippen LogP contribution in [0.3, 0.4) is 0 Å². The number of benzene rings is 1. The van der Waals surface area contributed by atoms with Crippen LogP contribution in [0.15, 0.2) is 18.2 Å². The molecule has 1 aromatic rings. The second-order valence-electron chi connectivity index (χ2n) is 16.5. The van der Waals surface area contributed by atoms with Crippen LogP contribution < -0.4 is 9.47 Å². The van der Waals surface area contributed by atoms with E-state index in [0.29, 0.717) is 45.7 Å². The summed E-state index contributed by atoms with van der Waals surface area (Å²) >= 11 is 0. The summed E-state index contributed by atoms with van der Waals surface area (Å²) in [5.74, 6) is 1.18. The van der Waals surface area contributed by atoms with Crippen LogP contribution in [0.5, 0.6) is 11.5 Å². The Morgan fingerprint density at radius 3 is 1.17 bits per heavy atom. The Morgan fingerprint density at radius 1 is 0.414 bits per heavy atom. The predicted octanol–water partition coefficient (Wildman–Crippen LogP) is 12.9. The van der Waals surface area contributed by atoms with Crippen LogP contribution in [0.4, 0.5) is 0 Å². The maximum absolute atomic E-state index is 12.4. The average Bonchev–Trinajstić information content (AvgIpc) is 3.20. The molecule has 0 N–H and O–H groups in total. The maximum atomic E-state index is 12.4. The van der Waals surface area contributed by atoms with E-state index in [-0.39, 0.29) is 24.5 Å². The van der Waals surface area contributed by atoms with E-state index in [1.54, 1.807) is 0 Å². The quantitative estimate of drug-likeness (QED) is 0.0362. The van der Waals surface area contributed by atoms with E-state index in [0.717, 1.165) is 133 Å². The zero-order chi connectivity index (χ0) is 42.2. The summed E-state index contributed by atoms with van der Waals surface area (Å²) in [4.78, 5) is 38.4. The maximum Gasteiger partial charge on any atom is 0.306 e. The van der Waals surface area contributed by atoms with Gasteiger partial charge < -0.3 is 28.6 Å². The molecule has 0 saturated heterocycles. The first-order valence-corrected chi connectivity index (χ1v) is 23.8. The lowest BCUT2D eigenvalue weighted by Gasteiger charge is -2.13. The lowest BCUT2D eigenvalue weighted by Crippen LogP contribution is -2.15. The molecule has 0 heterocycles. The molecule has 336 valence electrons. The van der Waals surface area contributed by atoms with E-state index < -0.39 is 0 Å². The second kappa shape index (κ2) is 39.6. The minimum Gasteiger partial charge on any atom is -0.493 e. The van der Waals surface area contributed by atoms with Crippen molar-refractivity contribution < 1.29 is 38.1 Å². The molecule has 9 heteroatoms. The number of carbonyl (C=O) groups excluding carboxylic acids is 3. The molecule has 0 saturated carbocycles. The van der Waals surface area contributed by atoms with Crippen molar-refractivity contribution in [3.8, 4) is 11.5 Å². The number of rotatable bonds is 42. The van der Waals surface area contributed by atoms with E-state index in [1.807, 2.05) is 32.3 Å². The van der Waals surface area contributed by atoms with Gasteiger partial charge in [-0.2, -0.15) is 0 Å². The largest absolute Gasteiger partial charge is 0.493 e. The van der Waals surface area contributed by atoms with Crippen LogP contribution in [0.1, 0.15) is 212 Å². The fourth-order valence-corrected chi connectivity index (χ4v) is 6.83. The van der Waals surface area contributed by atoms with E-state index >= 15 is 0 Å². The fourth-order valence-electron chi connectivity index (χ4n) is 6.83. The fraction of sp³-hybridized carbons (Fsp3) is 0.816. The van der Waals surface area contributed by atoms with Crippen molar-refractivity contribution in [2.75, 3.05) is 47.1 Å². The molecule has 0 aliphatic heterocycles. The molecule has 0 amide bonds. The van der Waals surface area contributed by atoms with Crippen LogP contribution in [0.2, 0.25) is 0 Å². The lowest BCUT2D eigenvalue weighted by atomic mass is 10.1. The molecule has 58 heavy (non-hydrogen) atoms. The molecule has 1 aromatic carbocycles. The Hall–Kier alpha value is -2.81. The average molecular weight is 818 g/mol. The molecule has 0 unspecified atom stereocenters. The Kier molecular flexibility index (Phi) is 36.4. The van der Waals surface area contributed by atoms with Gasteiger partial charge in [-0.15, -0.1) is 0 Å². The summed E-state index contributed by atoms with van der Waals surface area (Å²) < 4.78 is 28.8. The molecule has 1 rings (SSSR count). The van der Waals surface area contributed by atoms with Gasteiger partial charge in [0, 0.05) is 25.3 Å². The SMILES string of the molecule is CCCCCCCCCC(=O)OCCCCCCCCOc1cc(COC(=O)CCCN(C)C)cc(OCCCCCCCCOC(=O)CCCCCCCCC)c1. The number of ether oxygens (including phenoxy) is 5. The monoisotopic (exact) mass is 818 g/mol. The summed E-state index contributed by atoms with van der Waals surface area (Å²) in [6.45, 7) is 7.79. The summed E-state index contributed by atoms with van der Waals surface area (Å²) in [7, 11) is 4.00. The Labute approximate surface area is 355 Å². The second-order valence-corrected chi connectivity index (χ2v) is 16.5. The summed E-state index contributed by atoms with van der Waals surface area (Å²) in [5, 5.41) is 0. The highest BCUT2D eigenvalue weighted by molar-refractivity contribution is 5.70. The Morgan fingerprint density at radius 2 is 0.759 bits per heavy atom. The zero-order valence-electron chi connectivity index (χ0n) is 37.9. The third-order valence-corrected chi connectivity index (χ3v) is 10.4. The number of esters is 3. The zero-order valence-corrected chi connectivity index (χ0v) is 37.9. The number of carbonyl (C=O) groups is 3. The third kappa shape index (κ3) is 35.2. The van der Waals surface area contributed by atoms with Crippen LogP contribution in [0, 0.1) is 0 Å². The van der Waals surface area contributed by atoms with E-state index in [9.17, 15) is 14.4 Å². The Balaban J connectivity index is 2.29. The van der Waals surface area contributed by atoms with Gasteiger partial charge in [0.15, 0.2) is 0 Å². The standard InChI is InChI=1S/C49H87NO8/c1-5-7-9-11-13-19-25-32-47(51)56-38-29-23-17-15-21-27-36-54-45-40-44(43-58-49(53)34-31-35-50(3)4)41-46(42-45)55-37-28-22-16-18-24-30-39-57-48(52)33-26-20-14-12-10-8-6-2/h40-42H,5-39,43H2,1-4H3. The number of hydrogen-bond donors (Lipinski definition) is 0. The smallest absolute Gasteiger partial charge is 0.306 e. The van der Waals surface area contributed by atoms with Crippen LogP contribution in [0.25, 0.3) is 0 Å². The van der Waals surface area contributed by atoms with E-state index in [2.05, 4.69) is 18.7 Å². The first-order valence-electron chi connectivity index (χ1n) is 23.8.